The zero-order valence-electron chi connectivity index (χ0n) is 6.87. The molecule has 0 aromatic carbocycles. The van der Waals surface area contributed by atoms with Crippen molar-refractivity contribution in [1.82, 2.24) is 0 Å². The molecule has 13 heavy (non-hydrogen) atoms. The molecule has 3 N–H and O–H groups in total. The molecule has 80 valence electrons. The summed E-state index contributed by atoms with van der Waals surface area (Å²) in [6.45, 7) is -0.250. The van der Waals surface area contributed by atoms with E-state index in [9.17, 15) is 4.79 Å². The van der Waals surface area contributed by atoms with Gasteiger partial charge in [-0.2, -0.15) is 25.3 Å². The van der Waals surface area contributed by atoms with Crippen molar-refractivity contribution in [3.05, 3.63) is 0 Å². The van der Waals surface area contributed by atoms with Crippen LogP contribution in [0.1, 0.15) is 0 Å². The van der Waals surface area contributed by atoms with Crippen LogP contribution in [0, 0.1) is 0 Å². The number of carbonyl (C=O) groups excluding carboxylic acids is 1. The van der Waals surface area contributed by atoms with E-state index in [1.54, 1.807) is 0 Å². The Morgan fingerprint density at radius 2 is 1.69 bits per heavy atom. The molecule has 0 aliphatic carbocycles. The van der Waals surface area contributed by atoms with E-state index in [2.05, 4.69) is 37.9 Å². The maximum absolute atomic E-state index is 10.3. The van der Waals surface area contributed by atoms with E-state index in [4.69, 9.17) is 15.3 Å². The summed E-state index contributed by atoms with van der Waals surface area (Å²) >= 11 is 11.1. The van der Waals surface area contributed by atoms with Gasteiger partial charge in [0.2, 0.25) is 5.12 Å². The fraction of sp³-hybridized carbons (Fsp3) is 0.833. The number of aliphatic hydroxyl groups is 3. The monoisotopic (exact) mass is 246 g/mol. The zero-order chi connectivity index (χ0) is 10.9. The highest BCUT2D eigenvalue weighted by Gasteiger charge is 2.18. The third-order valence-electron chi connectivity index (χ3n) is 0.905. The minimum atomic E-state index is -1.10. The van der Waals surface area contributed by atoms with Crippen LogP contribution in [0.4, 0.5) is 0 Å². The zero-order valence-corrected chi connectivity index (χ0v) is 9.55. The summed E-state index contributed by atoms with van der Waals surface area (Å²) in [5.74, 6) is 0.358. The molecule has 0 spiro atoms. The minimum absolute atomic E-state index is 0.125. The SMILES string of the molecule is O=C(S)C(O)C(S)CS.OCCO. The second-order valence-corrected chi connectivity index (χ2v) is 3.45. The molecule has 0 aliphatic heterocycles. The summed E-state index contributed by atoms with van der Waals surface area (Å²) in [6.07, 6.45) is -1.10. The summed E-state index contributed by atoms with van der Waals surface area (Å²) in [5, 5.41) is 23.1. The highest BCUT2D eigenvalue weighted by Crippen LogP contribution is 2.06. The van der Waals surface area contributed by atoms with Gasteiger partial charge in [0, 0.05) is 11.0 Å². The van der Waals surface area contributed by atoms with Crippen molar-refractivity contribution in [2.24, 2.45) is 0 Å². The number of hydrogen-bond donors (Lipinski definition) is 6. The van der Waals surface area contributed by atoms with Crippen LogP contribution in [-0.4, -0.2) is 50.8 Å². The lowest BCUT2D eigenvalue weighted by Gasteiger charge is -2.10. The van der Waals surface area contributed by atoms with Crippen LogP contribution in [0.5, 0.6) is 0 Å². The Morgan fingerprint density at radius 3 is 1.77 bits per heavy atom. The lowest BCUT2D eigenvalue weighted by atomic mass is 10.3. The van der Waals surface area contributed by atoms with E-state index in [0.717, 1.165) is 0 Å². The topological polar surface area (TPSA) is 77.8 Å². The number of rotatable bonds is 4. The maximum Gasteiger partial charge on any atom is 0.215 e. The highest BCUT2D eigenvalue weighted by atomic mass is 32.1. The van der Waals surface area contributed by atoms with Crippen molar-refractivity contribution in [3.63, 3.8) is 0 Å². The third kappa shape index (κ3) is 10.5. The summed E-state index contributed by atoms with van der Waals surface area (Å²) < 4.78 is 0. The van der Waals surface area contributed by atoms with E-state index in [1.165, 1.54) is 0 Å². The van der Waals surface area contributed by atoms with Gasteiger partial charge in [0.15, 0.2) is 0 Å². The molecule has 0 fully saturated rings. The van der Waals surface area contributed by atoms with Gasteiger partial charge in [0.05, 0.1) is 13.2 Å². The summed E-state index contributed by atoms with van der Waals surface area (Å²) in [7, 11) is 0. The summed E-state index contributed by atoms with van der Waals surface area (Å²) in [6, 6.07) is 0. The van der Waals surface area contributed by atoms with Crippen LogP contribution in [0.25, 0.3) is 0 Å². The average molecular weight is 246 g/mol. The van der Waals surface area contributed by atoms with Gasteiger partial charge in [0.25, 0.3) is 0 Å². The third-order valence-corrected chi connectivity index (χ3v) is 2.32. The van der Waals surface area contributed by atoms with Crippen molar-refractivity contribution >= 4 is 43.0 Å². The van der Waals surface area contributed by atoms with Gasteiger partial charge in [-0.1, -0.05) is 0 Å². The first-order valence-electron chi connectivity index (χ1n) is 3.42. The summed E-state index contributed by atoms with van der Waals surface area (Å²) in [4.78, 5) is 10.3. The van der Waals surface area contributed by atoms with Crippen LogP contribution in [0.2, 0.25) is 0 Å². The van der Waals surface area contributed by atoms with Crippen molar-refractivity contribution in [1.29, 1.82) is 0 Å². The first kappa shape index (κ1) is 16.0. The molecular weight excluding hydrogens is 232 g/mol. The first-order valence-corrected chi connectivity index (χ1v) is 5.02. The molecule has 0 aromatic rings. The Hall–Kier alpha value is 0.600. The van der Waals surface area contributed by atoms with Gasteiger partial charge in [-0.3, -0.25) is 4.79 Å². The first-order chi connectivity index (χ1) is 6.01. The van der Waals surface area contributed by atoms with Crippen molar-refractivity contribution in [2.45, 2.75) is 11.4 Å². The van der Waals surface area contributed by atoms with E-state index in [0.29, 0.717) is 5.75 Å². The van der Waals surface area contributed by atoms with Crippen LogP contribution >= 0.6 is 37.9 Å². The van der Waals surface area contributed by atoms with Gasteiger partial charge in [-0.05, 0) is 0 Å². The molecule has 0 radical (unpaired) electrons. The van der Waals surface area contributed by atoms with Gasteiger partial charge in [0.1, 0.15) is 6.10 Å². The minimum Gasteiger partial charge on any atom is -0.394 e. The standard InChI is InChI=1S/C4H8O2S3.C2H6O2/c5-3(4(6)9)2(8)1-7;3-1-2-4/h2-3,5,7-8H,1H2,(H,6,9);3-4H,1-2H2. The average Bonchev–Trinajstić information content (AvgIpc) is 2.15. The molecule has 0 rings (SSSR count). The maximum atomic E-state index is 10.3. The molecule has 0 amide bonds. The molecular formula is C6H14O4S3. The normalized spacial score (nSPS) is 14.0. The van der Waals surface area contributed by atoms with E-state index in [-0.39, 0.29) is 13.2 Å². The molecule has 0 saturated carbocycles. The molecule has 2 atom stereocenters. The fourth-order valence-electron chi connectivity index (χ4n) is 0.264. The van der Waals surface area contributed by atoms with E-state index >= 15 is 0 Å². The quantitative estimate of drug-likeness (QED) is 0.360. The molecule has 0 aromatic heterocycles. The molecule has 7 heteroatoms. The number of hydrogen-bond acceptors (Lipinski definition) is 6. The Morgan fingerprint density at radius 1 is 1.31 bits per heavy atom. The predicted octanol–water partition coefficient (Wildman–Crippen LogP) is -0.997. The lowest BCUT2D eigenvalue weighted by Crippen LogP contribution is -2.28. The highest BCUT2D eigenvalue weighted by molar-refractivity contribution is 7.97. The number of thiol groups is 3. The van der Waals surface area contributed by atoms with E-state index in [1.807, 2.05) is 0 Å². The van der Waals surface area contributed by atoms with Gasteiger partial charge in [-0.25, -0.2) is 0 Å². The Labute approximate surface area is 93.6 Å². The summed E-state index contributed by atoms with van der Waals surface area (Å²) in [5.41, 5.74) is 0. The second-order valence-electron chi connectivity index (χ2n) is 1.98. The van der Waals surface area contributed by atoms with Crippen molar-refractivity contribution < 1.29 is 20.1 Å². The molecule has 4 nitrogen and oxygen atoms in total. The Balaban J connectivity index is 0. The van der Waals surface area contributed by atoms with Crippen LogP contribution < -0.4 is 0 Å². The molecule has 0 saturated heterocycles. The van der Waals surface area contributed by atoms with Crippen LogP contribution in [-0.2, 0) is 4.79 Å². The molecule has 2 unspecified atom stereocenters. The smallest absolute Gasteiger partial charge is 0.215 e. The van der Waals surface area contributed by atoms with Crippen LogP contribution in [0.15, 0.2) is 0 Å². The van der Waals surface area contributed by atoms with Gasteiger partial charge >= 0.3 is 0 Å². The van der Waals surface area contributed by atoms with Crippen LogP contribution in [0.3, 0.4) is 0 Å². The Bertz CT molecular complexity index is 131. The molecule has 0 bridgehead atoms. The van der Waals surface area contributed by atoms with Crippen molar-refractivity contribution in [3.8, 4) is 0 Å². The predicted molar refractivity (Wildman–Crippen MR) is 60.8 cm³/mol. The number of aliphatic hydroxyl groups excluding tert-OH is 3. The van der Waals surface area contributed by atoms with E-state index < -0.39 is 16.5 Å². The number of carbonyl (C=O) groups is 1. The van der Waals surface area contributed by atoms with Gasteiger partial charge < -0.3 is 15.3 Å². The second kappa shape index (κ2) is 10.7. The molecule has 0 heterocycles. The lowest BCUT2D eigenvalue weighted by molar-refractivity contribution is -0.117. The fourth-order valence-corrected chi connectivity index (χ4v) is 0.897. The largest absolute Gasteiger partial charge is 0.394 e. The molecule has 0 aliphatic rings. The van der Waals surface area contributed by atoms with Crippen molar-refractivity contribution in [2.75, 3.05) is 19.0 Å². The van der Waals surface area contributed by atoms with Gasteiger partial charge in [-0.15, -0.1) is 12.6 Å². The Kier molecular flexibility index (Phi) is 13.2.